The average molecular weight is 281 g/mol. The van der Waals surface area contributed by atoms with E-state index in [1.807, 2.05) is 42.5 Å². The summed E-state index contributed by atoms with van der Waals surface area (Å²) in [7, 11) is 1.37. The lowest BCUT2D eigenvalue weighted by atomic mass is 10.2. The Morgan fingerprint density at radius 1 is 1.38 bits per heavy atom. The monoisotopic (exact) mass is 280 g/mol. The van der Waals surface area contributed by atoms with Gasteiger partial charge in [-0.3, -0.25) is 0 Å². The van der Waals surface area contributed by atoms with Crippen LogP contribution in [0.15, 0.2) is 48.1 Å². The summed E-state index contributed by atoms with van der Waals surface area (Å²) in [6.45, 7) is 0. The van der Waals surface area contributed by atoms with Gasteiger partial charge in [0.2, 0.25) is 0 Å². The third-order valence-corrected chi connectivity index (χ3v) is 2.58. The highest BCUT2D eigenvalue weighted by molar-refractivity contribution is 9.09. The van der Waals surface area contributed by atoms with Gasteiger partial charge in [0.25, 0.3) is 0 Å². The van der Waals surface area contributed by atoms with Crippen molar-refractivity contribution in [2.75, 3.05) is 12.4 Å². The molecule has 0 fully saturated rings. The first-order valence-electron chi connectivity index (χ1n) is 4.84. The Hall–Kier alpha value is -1.35. The molecule has 84 valence electrons. The van der Waals surface area contributed by atoms with E-state index in [2.05, 4.69) is 20.7 Å². The lowest BCUT2D eigenvalue weighted by Crippen LogP contribution is -2.05. The first kappa shape index (κ1) is 12.7. The molecule has 1 aromatic carbocycles. The second-order valence-electron chi connectivity index (χ2n) is 3.09. The van der Waals surface area contributed by atoms with Crippen LogP contribution in [0.4, 0.5) is 0 Å². The fraction of sp³-hybridized carbons (Fsp3) is 0.154. The Morgan fingerprint density at radius 2 is 2.06 bits per heavy atom. The summed E-state index contributed by atoms with van der Waals surface area (Å²) in [6.07, 6.45) is 5.52. The highest BCUT2D eigenvalue weighted by atomic mass is 79.9. The van der Waals surface area contributed by atoms with Crippen LogP contribution < -0.4 is 0 Å². The number of hydrogen-bond donors (Lipinski definition) is 0. The molecule has 0 heterocycles. The maximum absolute atomic E-state index is 11.2. The van der Waals surface area contributed by atoms with Crippen LogP contribution in [-0.4, -0.2) is 18.4 Å². The number of allylic oxidation sites excluding steroid dienone is 2. The van der Waals surface area contributed by atoms with Crippen LogP contribution >= 0.6 is 15.9 Å². The fourth-order valence-corrected chi connectivity index (χ4v) is 1.55. The summed E-state index contributed by atoms with van der Waals surface area (Å²) in [5.41, 5.74) is 1.69. The molecule has 0 amide bonds. The van der Waals surface area contributed by atoms with E-state index in [4.69, 9.17) is 0 Å². The number of halogens is 1. The zero-order valence-corrected chi connectivity index (χ0v) is 10.6. The highest BCUT2D eigenvalue weighted by Crippen LogP contribution is 2.05. The van der Waals surface area contributed by atoms with E-state index in [1.165, 1.54) is 7.11 Å². The molecular weight excluding hydrogens is 268 g/mol. The second kappa shape index (κ2) is 7.01. The molecule has 16 heavy (non-hydrogen) atoms. The van der Waals surface area contributed by atoms with Gasteiger partial charge in [0.1, 0.15) is 0 Å². The number of carbonyl (C=O) groups excluding carboxylic acids is 1. The summed E-state index contributed by atoms with van der Waals surface area (Å²) in [4.78, 5) is 11.2. The van der Waals surface area contributed by atoms with E-state index < -0.39 is 0 Å². The van der Waals surface area contributed by atoms with Gasteiger partial charge in [0.05, 0.1) is 7.11 Å². The van der Waals surface area contributed by atoms with Crippen molar-refractivity contribution >= 4 is 28.0 Å². The van der Waals surface area contributed by atoms with Crippen molar-refractivity contribution in [2.45, 2.75) is 0 Å². The third kappa shape index (κ3) is 4.03. The van der Waals surface area contributed by atoms with E-state index in [0.29, 0.717) is 10.9 Å². The van der Waals surface area contributed by atoms with Crippen LogP contribution in [-0.2, 0) is 9.53 Å². The van der Waals surface area contributed by atoms with Crippen molar-refractivity contribution < 1.29 is 9.53 Å². The lowest BCUT2D eigenvalue weighted by Gasteiger charge is -1.98. The molecule has 0 saturated carbocycles. The summed E-state index contributed by atoms with van der Waals surface area (Å²) in [5, 5.41) is 0.485. The molecular formula is C13H13BrO2. The predicted octanol–water partition coefficient (Wildman–Crippen LogP) is 3.19. The molecule has 2 nitrogen and oxygen atoms in total. The van der Waals surface area contributed by atoms with Crippen LogP contribution in [0, 0.1) is 0 Å². The van der Waals surface area contributed by atoms with Gasteiger partial charge in [-0.2, -0.15) is 0 Å². The molecule has 0 atom stereocenters. The van der Waals surface area contributed by atoms with Crippen molar-refractivity contribution in [3.05, 3.63) is 53.6 Å². The maximum atomic E-state index is 11.2. The lowest BCUT2D eigenvalue weighted by molar-refractivity contribution is -0.135. The number of hydrogen-bond acceptors (Lipinski definition) is 2. The predicted molar refractivity (Wildman–Crippen MR) is 69.4 cm³/mol. The first-order chi connectivity index (χ1) is 7.77. The number of benzene rings is 1. The van der Waals surface area contributed by atoms with Gasteiger partial charge in [-0.15, -0.1) is 0 Å². The molecule has 0 spiro atoms. The molecule has 0 aliphatic heterocycles. The first-order valence-corrected chi connectivity index (χ1v) is 5.96. The normalized spacial score (nSPS) is 11.8. The molecule has 1 aromatic rings. The number of alkyl halides is 1. The van der Waals surface area contributed by atoms with E-state index in [0.717, 1.165) is 5.56 Å². The molecule has 0 radical (unpaired) electrons. The summed E-state index contributed by atoms with van der Waals surface area (Å²) >= 11 is 3.24. The number of carbonyl (C=O) groups is 1. The van der Waals surface area contributed by atoms with Crippen LogP contribution in [0.25, 0.3) is 6.08 Å². The molecule has 0 saturated heterocycles. The number of esters is 1. The van der Waals surface area contributed by atoms with Crippen LogP contribution in [0.3, 0.4) is 0 Å². The molecule has 1 rings (SSSR count). The van der Waals surface area contributed by atoms with Gasteiger partial charge in [-0.25, -0.2) is 4.79 Å². The Bertz CT molecular complexity index is 394. The molecule has 0 aliphatic rings. The van der Waals surface area contributed by atoms with Crippen LogP contribution in [0.1, 0.15) is 5.56 Å². The van der Waals surface area contributed by atoms with Crippen molar-refractivity contribution in [1.29, 1.82) is 0 Å². The van der Waals surface area contributed by atoms with Crippen LogP contribution in [0.5, 0.6) is 0 Å². The summed E-state index contributed by atoms with van der Waals surface area (Å²) in [5.74, 6) is -0.311. The average Bonchev–Trinajstić information content (AvgIpc) is 2.35. The van der Waals surface area contributed by atoms with Gasteiger partial charge in [0, 0.05) is 10.9 Å². The number of methoxy groups -OCH3 is 1. The van der Waals surface area contributed by atoms with E-state index in [-0.39, 0.29) is 5.97 Å². The van der Waals surface area contributed by atoms with Crippen molar-refractivity contribution in [3.63, 3.8) is 0 Å². The fourth-order valence-electron chi connectivity index (χ4n) is 1.14. The molecule has 0 unspecified atom stereocenters. The summed E-state index contributed by atoms with van der Waals surface area (Å²) < 4.78 is 4.63. The van der Waals surface area contributed by atoms with Gasteiger partial charge >= 0.3 is 5.97 Å². The quantitative estimate of drug-likeness (QED) is 0.366. The minimum atomic E-state index is -0.311. The van der Waals surface area contributed by atoms with E-state index in [9.17, 15) is 4.79 Å². The van der Waals surface area contributed by atoms with Gasteiger partial charge < -0.3 is 4.74 Å². The van der Waals surface area contributed by atoms with Crippen molar-refractivity contribution in [3.8, 4) is 0 Å². The zero-order valence-electron chi connectivity index (χ0n) is 9.02. The third-order valence-electron chi connectivity index (χ3n) is 1.98. The molecule has 0 bridgehead atoms. The zero-order chi connectivity index (χ0) is 11.8. The summed E-state index contributed by atoms with van der Waals surface area (Å²) in [6, 6.07) is 9.89. The van der Waals surface area contributed by atoms with Crippen molar-refractivity contribution in [2.24, 2.45) is 0 Å². The van der Waals surface area contributed by atoms with Crippen LogP contribution in [0.2, 0.25) is 0 Å². The largest absolute Gasteiger partial charge is 0.466 e. The highest BCUT2D eigenvalue weighted by Gasteiger charge is 2.05. The van der Waals surface area contributed by atoms with Gasteiger partial charge in [-0.1, -0.05) is 64.5 Å². The van der Waals surface area contributed by atoms with Gasteiger partial charge in [-0.05, 0) is 5.56 Å². The van der Waals surface area contributed by atoms with E-state index in [1.54, 1.807) is 6.08 Å². The molecule has 0 aliphatic carbocycles. The van der Waals surface area contributed by atoms with Gasteiger partial charge in [0.15, 0.2) is 0 Å². The number of ether oxygens (including phenoxy) is 1. The maximum Gasteiger partial charge on any atom is 0.334 e. The van der Waals surface area contributed by atoms with E-state index >= 15 is 0 Å². The SMILES string of the molecule is COC(=O)/C(=C/C=C/c1ccccc1)CBr. The molecule has 0 aromatic heterocycles. The molecule has 3 heteroatoms. The Labute approximate surface area is 104 Å². The smallest absolute Gasteiger partial charge is 0.334 e. The Kier molecular flexibility index (Phi) is 5.57. The van der Waals surface area contributed by atoms with Crippen molar-refractivity contribution in [1.82, 2.24) is 0 Å². The minimum Gasteiger partial charge on any atom is -0.466 e. The minimum absolute atomic E-state index is 0.311. The second-order valence-corrected chi connectivity index (χ2v) is 3.65. The Balaban J connectivity index is 2.71. The Morgan fingerprint density at radius 3 is 2.62 bits per heavy atom. The topological polar surface area (TPSA) is 26.3 Å². The molecule has 0 N–H and O–H groups in total. The number of rotatable bonds is 4. The standard InChI is InChI=1S/C13H13BrO2/c1-16-13(15)12(10-14)9-5-8-11-6-3-2-4-7-11/h2-9H,10H2,1H3/b8-5+,12-9+.